The molecule has 0 saturated heterocycles. The van der Waals surface area contributed by atoms with Gasteiger partial charge in [0.1, 0.15) is 0 Å². The first-order valence-corrected chi connectivity index (χ1v) is 2.72. The van der Waals surface area contributed by atoms with Crippen LogP contribution in [0.5, 0.6) is 0 Å². The summed E-state index contributed by atoms with van der Waals surface area (Å²) in [5.41, 5.74) is 5.90. The molecule has 0 radical (unpaired) electrons. The fraction of sp³-hybridized carbons (Fsp3) is 0.333. The van der Waals surface area contributed by atoms with E-state index in [0.29, 0.717) is 6.04 Å². The molecule has 1 rings (SSSR count). The van der Waals surface area contributed by atoms with E-state index in [1.807, 2.05) is 12.3 Å². The summed E-state index contributed by atoms with van der Waals surface area (Å²) >= 11 is 0. The fourth-order valence-corrected chi connectivity index (χ4v) is 0.643. The zero-order valence-corrected chi connectivity index (χ0v) is 4.72. The maximum Gasteiger partial charge on any atom is 0.0472 e. The van der Waals surface area contributed by atoms with Crippen LogP contribution in [0, 0.1) is 0 Å². The van der Waals surface area contributed by atoms with Crippen molar-refractivity contribution >= 4 is 0 Å². The third-order valence-corrected chi connectivity index (χ3v) is 1.14. The fourth-order valence-electron chi connectivity index (χ4n) is 0.643. The smallest absolute Gasteiger partial charge is 0.0472 e. The summed E-state index contributed by atoms with van der Waals surface area (Å²) in [5, 5.41) is 0. The minimum absolute atomic E-state index is 0.403. The molecule has 1 aliphatic rings. The Morgan fingerprint density at radius 2 is 2.62 bits per heavy atom. The predicted octanol–water partition coefficient (Wildman–Crippen LogP) is 0.553. The van der Waals surface area contributed by atoms with Gasteiger partial charge in [-0.2, -0.15) is 0 Å². The van der Waals surface area contributed by atoms with Crippen molar-refractivity contribution in [3.8, 4) is 0 Å². The van der Waals surface area contributed by atoms with Crippen molar-refractivity contribution in [2.24, 2.45) is 0 Å². The summed E-state index contributed by atoms with van der Waals surface area (Å²) in [6.07, 6.45) is 6.88. The molecule has 1 unspecified atom stereocenters. The second kappa shape index (κ2) is 2.52. The Labute approximate surface area is 49.2 Å². The zero-order valence-electron chi connectivity index (χ0n) is 4.72. The first kappa shape index (κ1) is 5.38. The Hall–Kier alpha value is -0.760. The summed E-state index contributed by atoms with van der Waals surface area (Å²) < 4.78 is 0. The van der Waals surface area contributed by atoms with Crippen LogP contribution in [0.2, 0.25) is 0 Å². The Balaban J connectivity index is 2.37. The monoisotopic (exact) mass is 110 g/mol. The average molecular weight is 110 g/mol. The molecule has 1 heterocycles. The second-order valence-corrected chi connectivity index (χ2v) is 1.77. The van der Waals surface area contributed by atoms with E-state index in [4.69, 9.17) is 0 Å². The van der Waals surface area contributed by atoms with Crippen LogP contribution in [-0.2, 0) is 0 Å². The van der Waals surface area contributed by atoms with Gasteiger partial charge < -0.3 is 5.43 Å². The number of hydrogen-bond donors (Lipinski definition) is 2. The molecular weight excluding hydrogens is 100 g/mol. The summed E-state index contributed by atoms with van der Waals surface area (Å²) in [4.78, 5) is 0. The van der Waals surface area contributed by atoms with Crippen molar-refractivity contribution in [1.29, 1.82) is 0 Å². The lowest BCUT2D eigenvalue weighted by molar-refractivity contribution is 0.524. The molecule has 8 heavy (non-hydrogen) atoms. The number of hydrogen-bond acceptors (Lipinski definition) is 2. The van der Waals surface area contributed by atoms with Crippen LogP contribution in [0.4, 0.5) is 0 Å². The van der Waals surface area contributed by atoms with Crippen molar-refractivity contribution < 1.29 is 0 Å². The van der Waals surface area contributed by atoms with Crippen molar-refractivity contribution in [1.82, 2.24) is 10.9 Å². The third-order valence-electron chi connectivity index (χ3n) is 1.14. The molecule has 0 aromatic carbocycles. The largest absolute Gasteiger partial charge is 0.329 e. The minimum Gasteiger partial charge on any atom is -0.329 e. The normalized spacial score (nSPS) is 26.8. The summed E-state index contributed by atoms with van der Waals surface area (Å²) in [7, 11) is 0. The average Bonchev–Trinajstić information content (AvgIpc) is 1.90. The molecule has 2 nitrogen and oxygen atoms in total. The lowest BCUT2D eigenvalue weighted by Crippen LogP contribution is -2.38. The van der Waals surface area contributed by atoms with E-state index in [0.717, 1.165) is 6.42 Å². The molecule has 44 valence electrons. The van der Waals surface area contributed by atoms with Crippen molar-refractivity contribution in [2.45, 2.75) is 12.5 Å². The molecule has 0 bridgehead atoms. The summed E-state index contributed by atoms with van der Waals surface area (Å²) in [6.45, 7) is 3.65. The van der Waals surface area contributed by atoms with E-state index in [2.05, 4.69) is 23.5 Å². The van der Waals surface area contributed by atoms with Gasteiger partial charge in [0.05, 0.1) is 0 Å². The topological polar surface area (TPSA) is 24.1 Å². The molecular formula is C6H10N2. The van der Waals surface area contributed by atoms with Crippen LogP contribution in [0.3, 0.4) is 0 Å². The van der Waals surface area contributed by atoms with Gasteiger partial charge in [-0.25, -0.2) is 5.43 Å². The molecule has 0 spiro atoms. The maximum absolute atomic E-state index is 3.65. The summed E-state index contributed by atoms with van der Waals surface area (Å²) in [5.74, 6) is 0. The van der Waals surface area contributed by atoms with E-state index in [1.54, 1.807) is 0 Å². The molecule has 2 N–H and O–H groups in total. The van der Waals surface area contributed by atoms with Crippen LogP contribution in [0.15, 0.2) is 24.9 Å². The predicted molar refractivity (Wildman–Crippen MR) is 34.0 cm³/mol. The lowest BCUT2D eigenvalue weighted by Gasteiger charge is -2.15. The Kier molecular flexibility index (Phi) is 1.70. The highest BCUT2D eigenvalue weighted by Crippen LogP contribution is 1.95. The van der Waals surface area contributed by atoms with Gasteiger partial charge in [-0.1, -0.05) is 12.2 Å². The van der Waals surface area contributed by atoms with Crippen LogP contribution < -0.4 is 10.9 Å². The van der Waals surface area contributed by atoms with E-state index in [9.17, 15) is 0 Å². The van der Waals surface area contributed by atoms with Crippen LogP contribution in [0.1, 0.15) is 6.42 Å². The van der Waals surface area contributed by atoms with Gasteiger partial charge in [0.2, 0.25) is 0 Å². The second-order valence-electron chi connectivity index (χ2n) is 1.77. The third kappa shape index (κ3) is 1.10. The van der Waals surface area contributed by atoms with Crippen molar-refractivity contribution in [3.63, 3.8) is 0 Å². The van der Waals surface area contributed by atoms with Crippen LogP contribution >= 0.6 is 0 Å². The maximum atomic E-state index is 3.65. The van der Waals surface area contributed by atoms with Crippen LogP contribution in [-0.4, -0.2) is 6.04 Å². The zero-order chi connectivity index (χ0) is 5.82. The molecule has 0 aliphatic carbocycles. The van der Waals surface area contributed by atoms with E-state index in [1.165, 1.54) is 0 Å². The van der Waals surface area contributed by atoms with Gasteiger partial charge in [-0.3, -0.25) is 0 Å². The highest BCUT2D eigenvalue weighted by Gasteiger charge is 2.00. The first-order chi connectivity index (χ1) is 3.93. The van der Waals surface area contributed by atoms with Crippen molar-refractivity contribution in [3.05, 3.63) is 24.9 Å². The first-order valence-electron chi connectivity index (χ1n) is 2.72. The molecule has 0 fully saturated rings. The van der Waals surface area contributed by atoms with Gasteiger partial charge in [0.25, 0.3) is 0 Å². The van der Waals surface area contributed by atoms with Crippen LogP contribution in [0.25, 0.3) is 0 Å². The van der Waals surface area contributed by atoms with Gasteiger partial charge in [-0.05, 0) is 6.42 Å². The highest BCUT2D eigenvalue weighted by molar-refractivity contribution is 4.96. The van der Waals surface area contributed by atoms with E-state index in [-0.39, 0.29) is 0 Å². The highest BCUT2D eigenvalue weighted by atomic mass is 15.4. The minimum atomic E-state index is 0.403. The molecule has 0 aromatic rings. The van der Waals surface area contributed by atoms with Gasteiger partial charge in [0, 0.05) is 12.2 Å². The number of hydrazine groups is 1. The number of nitrogens with one attached hydrogen (secondary N) is 2. The molecule has 0 aromatic heterocycles. The Morgan fingerprint density at radius 1 is 1.75 bits per heavy atom. The van der Waals surface area contributed by atoms with Gasteiger partial charge in [0.15, 0.2) is 0 Å². The Morgan fingerprint density at radius 3 is 3.00 bits per heavy atom. The molecule has 1 atom stereocenters. The summed E-state index contributed by atoms with van der Waals surface area (Å²) in [6, 6.07) is 0.403. The van der Waals surface area contributed by atoms with Gasteiger partial charge >= 0.3 is 0 Å². The molecule has 2 heteroatoms. The molecule has 1 aliphatic heterocycles. The Bertz CT molecular complexity index is 107. The quantitative estimate of drug-likeness (QED) is 0.482. The standard InChI is InChI=1S/C6H10N2/c1-2-6-4-3-5-7-8-6/h2-3,5-8H,1,4H2. The number of rotatable bonds is 1. The van der Waals surface area contributed by atoms with Crippen molar-refractivity contribution in [2.75, 3.05) is 0 Å². The molecule has 0 amide bonds. The SMILES string of the molecule is C=CC1CC=CNN1. The lowest BCUT2D eigenvalue weighted by atomic mass is 10.2. The molecule has 0 saturated carbocycles. The van der Waals surface area contributed by atoms with E-state index < -0.39 is 0 Å². The van der Waals surface area contributed by atoms with E-state index >= 15 is 0 Å². The van der Waals surface area contributed by atoms with Gasteiger partial charge in [-0.15, -0.1) is 6.58 Å².